The van der Waals surface area contributed by atoms with Crippen LogP contribution in [0.5, 0.6) is 5.75 Å². The van der Waals surface area contributed by atoms with Gasteiger partial charge in [-0.2, -0.15) is 0 Å². The number of anilines is 2. The third-order valence-electron chi connectivity index (χ3n) is 4.04. The molecule has 0 saturated heterocycles. The van der Waals surface area contributed by atoms with E-state index in [0.29, 0.717) is 17.4 Å². The lowest BCUT2D eigenvalue weighted by molar-refractivity contribution is -0.121. The van der Waals surface area contributed by atoms with Crippen molar-refractivity contribution >= 4 is 34.0 Å². The highest BCUT2D eigenvalue weighted by Crippen LogP contribution is 2.38. The van der Waals surface area contributed by atoms with Gasteiger partial charge >= 0.3 is 0 Å². The highest BCUT2D eigenvalue weighted by Gasteiger charge is 2.25. The highest BCUT2D eigenvalue weighted by molar-refractivity contribution is 7.16. The van der Waals surface area contributed by atoms with E-state index in [9.17, 15) is 9.59 Å². The second-order valence-electron chi connectivity index (χ2n) is 6.18. The van der Waals surface area contributed by atoms with Crippen LogP contribution in [0.2, 0.25) is 0 Å². The van der Waals surface area contributed by atoms with Crippen LogP contribution in [-0.4, -0.2) is 29.9 Å². The van der Waals surface area contributed by atoms with E-state index in [4.69, 9.17) is 4.74 Å². The van der Waals surface area contributed by atoms with E-state index in [0.717, 1.165) is 21.8 Å². The van der Waals surface area contributed by atoms with Crippen LogP contribution < -0.4 is 15.0 Å². The van der Waals surface area contributed by atoms with Crippen LogP contribution in [0.25, 0.3) is 11.3 Å². The number of benzene rings is 1. The van der Waals surface area contributed by atoms with Crippen LogP contribution in [0.15, 0.2) is 18.2 Å². The van der Waals surface area contributed by atoms with Crippen molar-refractivity contribution in [1.29, 1.82) is 0 Å². The number of aromatic nitrogens is 1. The summed E-state index contributed by atoms with van der Waals surface area (Å²) in [5.41, 5.74) is 2.46. The van der Waals surface area contributed by atoms with E-state index < -0.39 is 0 Å². The number of thiazole rings is 1. The van der Waals surface area contributed by atoms with Crippen molar-refractivity contribution in [1.82, 2.24) is 4.98 Å². The maximum absolute atomic E-state index is 12.0. The van der Waals surface area contributed by atoms with Crippen molar-refractivity contribution in [3.8, 4) is 17.0 Å². The number of carbonyl (C=O) groups is 2. The summed E-state index contributed by atoms with van der Waals surface area (Å²) in [7, 11) is 0. The van der Waals surface area contributed by atoms with E-state index in [-0.39, 0.29) is 24.3 Å². The maximum atomic E-state index is 12.0. The smallest absolute Gasteiger partial charge is 0.265 e. The first kappa shape index (κ1) is 17.4. The molecule has 0 spiro atoms. The van der Waals surface area contributed by atoms with Gasteiger partial charge in [0.2, 0.25) is 5.91 Å². The van der Waals surface area contributed by atoms with Gasteiger partial charge in [0.05, 0.1) is 11.4 Å². The average Bonchev–Trinajstić information content (AvgIpc) is 2.94. The molecule has 3 rings (SSSR count). The van der Waals surface area contributed by atoms with Gasteiger partial charge < -0.3 is 15.0 Å². The average molecular weight is 359 g/mol. The van der Waals surface area contributed by atoms with Gasteiger partial charge in [-0.05, 0) is 32.0 Å². The maximum Gasteiger partial charge on any atom is 0.265 e. The summed E-state index contributed by atoms with van der Waals surface area (Å²) in [6.45, 7) is 8.25. The van der Waals surface area contributed by atoms with Gasteiger partial charge in [-0.3, -0.25) is 9.59 Å². The first-order valence-electron chi connectivity index (χ1n) is 8.26. The van der Waals surface area contributed by atoms with Crippen molar-refractivity contribution in [2.75, 3.05) is 23.4 Å². The molecule has 0 radical (unpaired) electrons. The number of ether oxygens (including phenoxy) is 1. The van der Waals surface area contributed by atoms with Gasteiger partial charge in [-0.25, -0.2) is 4.98 Å². The molecule has 0 fully saturated rings. The predicted octanol–water partition coefficient (Wildman–Crippen LogP) is 3.46. The largest absolute Gasteiger partial charge is 0.482 e. The quantitative estimate of drug-likeness (QED) is 0.907. The fourth-order valence-electron chi connectivity index (χ4n) is 2.66. The van der Waals surface area contributed by atoms with Crippen LogP contribution in [-0.2, 0) is 9.59 Å². The number of likely N-dealkylation sites (N-methyl/N-ethyl adjacent to an activating group) is 1. The van der Waals surface area contributed by atoms with Gasteiger partial charge in [-0.15, -0.1) is 11.3 Å². The van der Waals surface area contributed by atoms with Crippen molar-refractivity contribution in [2.45, 2.75) is 27.7 Å². The Balaban J connectivity index is 1.95. The summed E-state index contributed by atoms with van der Waals surface area (Å²) in [6.07, 6.45) is 0. The number of rotatable bonds is 4. The molecule has 1 aromatic carbocycles. The minimum absolute atomic E-state index is 0.0490. The Labute approximate surface area is 150 Å². The van der Waals surface area contributed by atoms with Gasteiger partial charge in [0.15, 0.2) is 11.7 Å². The van der Waals surface area contributed by atoms with Crippen molar-refractivity contribution in [3.63, 3.8) is 0 Å². The Bertz CT molecular complexity index is 829. The molecule has 2 heterocycles. The summed E-state index contributed by atoms with van der Waals surface area (Å²) in [4.78, 5) is 31.2. The highest BCUT2D eigenvalue weighted by atomic mass is 32.1. The Morgan fingerprint density at radius 1 is 1.44 bits per heavy atom. The van der Waals surface area contributed by atoms with E-state index in [2.05, 4.69) is 10.3 Å². The zero-order chi connectivity index (χ0) is 18.1. The Kier molecular flexibility index (Phi) is 4.76. The normalized spacial score (nSPS) is 13.6. The van der Waals surface area contributed by atoms with E-state index in [1.54, 1.807) is 4.90 Å². The lowest BCUT2D eigenvalue weighted by atomic mass is 10.1. The minimum atomic E-state index is -0.0994. The monoisotopic (exact) mass is 359 g/mol. The molecule has 1 aliphatic rings. The van der Waals surface area contributed by atoms with Crippen molar-refractivity contribution in [2.24, 2.45) is 5.92 Å². The summed E-state index contributed by atoms with van der Waals surface area (Å²) in [5.74, 6) is 0.498. The molecule has 2 aromatic rings. The molecular weight excluding hydrogens is 338 g/mol. The molecule has 0 saturated carbocycles. The third-order valence-corrected chi connectivity index (χ3v) is 4.93. The van der Waals surface area contributed by atoms with E-state index in [1.807, 2.05) is 45.9 Å². The topological polar surface area (TPSA) is 71.5 Å². The number of nitrogens with one attached hydrogen (secondary N) is 1. The molecule has 0 aliphatic carbocycles. The SMILES string of the molecule is CCN1C(=O)COc2ccc(-c3nc(NC(=O)C(C)C)sc3C)cc21. The van der Waals surface area contributed by atoms with Crippen molar-refractivity contribution in [3.05, 3.63) is 23.1 Å². The standard InChI is InChI=1S/C18H21N3O3S/c1-5-21-13-8-12(6-7-14(13)24-9-15(21)22)16-11(4)25-18(19-16)20-17(23)10(2)3/h6-8,10H,5,9H2,1-4H3,(H,19,20,23). The second kappa shape index (κ2) is 6.84. The minimum Gasteiger partial charge on any atom is -0.482 e. The number of hydrogen-bond acceptors (Lipinski definition) is 5. The number of carbonyl (C=O) groups excluding carboxylic acids is 2. The fraction of sp³-hybridized carbons (Fsp3) is 0.389. The number of hydrogen-bond donors (Lipinski definition) is 1. The molecule has 25 heavy (non-hydrogen) atoms. The van der Waals surface area contributed by atoms with Gasteiger partial charge in [0.1, 0.15) is 5.75 Å². The predicted molar refractivity (Wildman–Crippen MR) is 99.3 cm³/mol. The van der Waals surface area contributed by atoms with E-state index >= 15 is 0 Å². The molecule has 0 unspecified atom stereocenters. The first-order valence-corrected chi connectivity index (χ1v) is 9.08. The molecule has 1 aliphatic heterocycles. The zero-order valence-corrected chi connectivity index (χ0v) is 15.6. The number of fused-ring (bicyclic) bond motifs is 1. The number of nitrogens with zero attached hydrogens (tertiary/aromatic N) is 2. The molecule has 7 heteroatoms. The Morgan fingerprint density at radius 3 is 2.88 bits per heavy atom. The van der Waals surface area contributed by atoms with Crippen LogP contribution in [0.4, 0.5) is 10.8 Å². The summed E-state index contributed by atoms with van der Waals surface area (Å²) in [5, 5.41) is 3.43. The van der Waals surface area contributed by atoms with E-state index in [1.165, 1.54) is 11.3 Å². The molecule has 132 valence electrons. The molecular formula is C18H21N3O3S. The van der Waals surface area contributed by atoms with Gasteiger partial charge in [0, 0.05) is 22.9 Å². The summed E-state index contributed by atoms with van der Waals surface area (Å²) in [6, 6.07) is 5.72. The second-order valence-corrected chi connectivity index (χ2v) is 7.38. The van der Waals surface area contributed by atoms with Crippen molar-refractivity contribution < 1.29 is 14.3 Å². The lowest BCUT2D eigenvalue weighted by Crippen LogP contribution is -2.38. The van der Waals surface area contributed by atoms with Crippen LogP contribution >= 0.6 is 11.3 Å². The zero-order valence-electron chi connectivity index (χ0n) is 14.8. The molecule has 1 aromatic heterocycles. The fourth-order valence-corrected chi connectivity index (χ4v) is 3.50. The van der Waals surface area contributed by atoms with Crippen LogP contribution in [0, 0.1) is 12.8 Å². The Morgan fingerprint density at radius 2 is 2.20 bits per heavy atom. The summed E-state index contributed by atoms with van der Waals surface area (Å²) < 4.78 is 5.51. The van der Waals surface area contributed by atoms with Gasteiger partial charge in [0.25, 0.3) is 5.91 Å². The number of aryl methyl sites for hydroxylation is 1. The molecule has 0 atom stereocenters. The van der Waals surface area contributed by atoms with Gasteiger partial charge in [-0.1, -0.05) is 13.8 Å². The molecule has 6 nitrogen and oxygen atoms in total. The van der Waals surface area contributed by atoms with Crippen LogP contribution in [0.3, 0.4) is 0 Å². The van der Waals surface area contributed by atoms with Crippen LogP contribution in [0.1, 0.15) is 25.6 Å². The number of amides is 2. The third kappa shape index (κ3) is 3.37. The molecule has 1 N–H and O–H groups in total. The lowest BCUT2D eigenvalue weighted by Gasteiger charge is -2.28. The Hall–Kier alpha value is -2.41. The molecule has 2 amide bonds. The molecule has 0 bridgehead atoms. The summed E-state index contributed by atoms with van der Waals surface area (Å²) >= 11 is 1.44. The first-order chi connectivity index (χ1) is 11.9.